The van der Waals surface area contributed by atoms with Crippen LogP contribution >= 0.6 is 0 Å². The van der Waals surface area contributed by atoms with Gasteiger partial charge in [0.2, 0.25) is 15.9 Å². The van der Waals surface area contributed by atoms with E-state index in [-0.39, 0.29) is 17.3 Å². The third-order valence-electron chi connectivity index (χ3n) is 5.02. The number of carbonyl (C=O) groups is 1. The van der Waals surface area contributed by atoms with E-state index in [1.165, 1.54) is 6.07 Å². The quantitative estimate of drug-likeness (QED) is 0.543. The lowest BCUT2D eigenvalue weighted by molar-refractivity contribution is -0.116. The fraction of sp³-hybridized carbons (Fsp3) is 0.421. The topological polar surface area (TPSA) is 126 Å². The van der Waals surface area contributed by atoms with Gasteiger partial charge < -0.3 is 20.3 Å². The van der Waals surface area contributed by atoms with E-state index in [2.05, 4.69) is 30.5 Å². The van der Waals surface area contributed by atoms with E-state index in [9.17, 15) is 13.2 Å². The molecule has 3 heterocycles. The molecule has 160 valence electrons. The predicted molar refractivity (Wildman–Crippen MR) is 112 cm³/mol. The van der Waals surface area contributed by atoms with Crippen LogP contribution < -0.4 is 20.3 Å². The summed E-state index contributed by atoms with van der Waals surface area (Å²) in [5, 5.41) is 13.9. The summed E-state index contributed by atoms with van der Waals surface area (Å²) in [6.07, 6.45) is 2.60. The van der Waals surface area contributed by atoms with Crippen molar-refractivity contribution in [1.29, 1.82) is 0 Å². The zero-order chi connectivity index (χ0) is 21.0. The number of sulfonamides is 1. The van der Waals surface area contributed by atoms with Crippen molar-refractivity contribution in [1.82, 2.24) is 14.9 Å². The molecule has 1 aromatic carbocycles. The van der Waals surface area contributed by atoms with Crippen molar-refractivity contribution in [3.8, 4) is 0 Å². The molecule has 0 saturated carbocycles. The fourth-order valence-electron chi connectivity index (χ4n) is 3.42. The Morgan fingerprint density at radius 1 is 1.13 bits per heavy atom. The molecule has 10 nitrogen and oxygen atoms in total. The number of nitrogens with zero attached hydrogens (tertiary/aromatic N) is 3. The first-order valence-electron chi connectivity index (χ1n) is 9.83. The highest BCUT2D eigenvalue weighted by Gasteiger charge is 2.19. The molecule has 0 unspecified atom stereocenters. The van der Waals surface area contributed by atoms with E-state index in [0.717, 1.165) is 24.3 Å². The highest BCUT2D eigenvalue weighted by Crippen LogP contribution is 2.25. The van der Waals surface area contributed by atoms with Crippen LogP contribution in [0.3, 0.4) is 0 Å². The number of morpholine rings is 1. The van der Waals surface area contributed by atoms with Gasteiger partial charge in [0.05, 0.1) is 30.0 Å². The van der Waals surface area contributed by atoms with Gasteiger partial charge in [-0.05, 0) is 30.2 Å². The van der Waals surface area contributed by atoms with Crippen LogP contribution in [0.4, 0.5) is 17.2 Å². The Morgan fingerprint density at radius 3 is 2.80 bits per heavy atom. The molecule has 30 heavy (non-hydrogen) atoms. The summed E-state index contributed by atoms with van der Waals surface area (Å²) in [5.41, 5.74) is 2.45. The molecule has 2 aromatic rings. The fourth-order valence-corrected chi connectivity index (χ4v) is 4.51. The van der Waals surface area contributed by atoms with Crippen molar-refractivity contribution in [2.24, 2.45) is 0 Å². The van der Waals surface area contributed by atoms with Gasteiger partial charge in [0.1, 0.15) is 0 Å². The lowest BCUT2D eigenvalue weighted by Crippen LogP contribution is -2.36. The van der Waals surface area contributed by atoms with Gasteiger partial charge in [-0.15, -0.1) is 5.10 Å². The van der Waals surface area contributed by atoms with Crippen molar-refractivity contribution in [2.45, 2.75) is 17.7 Å². The second-order valence-electron chi connectivity index (χ2n) is 7.09. The molecular formula is C19H24N6O4S. The van der Waals surface area contributed by atoms with Crippen LogP contribution in [-0.2, 0) is 26.0 Å². The van der Waals surface area contributed by atoms with Gasteiger partial charge >= 0.3 is 0 Å². The first-order chi connectivity index (χ1) is 14.5. The Morgan fingerprint density at radius 2 is 1.97 bits per heavy atom. The average molecular weight is 433 g/mol. The molecule has 2 aliphatic heterocycles. The summed E-state index contributed by atoms with van der Waals surface area (Å²) in [6, 6.07) is 6.63. The molecule has 1 aromatic heterocycles. The van der Waals surface area contributed by atoms with Gasteiger partial charge in [0.25, 0.3) is 0 Å². The normalized spacial score (nSPS) is 16.7. The second kappa shape index (κ2) is 8.94. The van der Waals surface area contributed by atoms with Crippen molar-refractivity contribution in [3.63, 3.8) is 0 Å². The lowest BCUT2D eigenvalue weighted by Gasteiger charge is -2.28. The monoisotopic (exact) mass is 432 g/mol. The molecule has 0 aliphatic carbocycles. The summed E-state index contributed by atoms with van der Waals surface area (Å²) in [6.45, 7) is 3.52. The number of aromatic nitrogens is 2. The zero-order valence-electron chi connectivity index (χ0n) is 16.4. The Balaban J connectivity index is 1.31. The Bertz CT molecular complexity index is 1020. The number of benzene rings is 1. The number of hydrogen-bond donors (Lipinski definition) is 3. The summed E-state index contributed by atoms with van der Waals surface area (Å²) in [5.74, 6) is 0.533. The highest BCUT2D eigenvalue weighted by molar-refractivity contribution is 7.89. The molecule has 2 aliphatic rings. The second-order valence-corrected chi connectivity index (χ2v) is 8.86. The Hall–Kier alpha value is -2.76. The standard InChI is InChI=1S/C19H24N6O4S/c26-19-4-1-14-11-16(2-3-17(14)23-19)30(27,28)22-6-5-20-18-12-15(13-21-24-18)25-7-9-29-10-8-25/h2-3,11-13,22H,1,4-10H2,(H,20,24)(H,23,26). The van der Waals surface area contributed by atoms with Gasteiger partial charge in [-0.1, -0.05) is 0 Å². The van der Waals surface area contributed by atoms with Gasteiger partial charge in [-0.25, -0.2) is 13.1 Å². The van der Waals surface area contributed by atoms with Crippen molar-refractivity contribution in [2.75, 3.05) is 54.9 Å². The summed E-state index contributed by atoms with van der Waals surface area (Å²) >= 11 is 0. The van der Waals surface area contributed by atoms with Crippen LogP contribution in [-0.4, -0.2) is 63.9 Å². The maximum absolute atomic E-state index is 12.6. The van der Waals surface area contributed by atoms with Gasteiger partial charge in [0, 0.05) is 44.4 Å². The molecule has 1 fully saturated rings. The number of carbonyl (C=O) groups excluding carboxylic acids is 1. The Labute approximate surface area is 175 Å². The van der Waals surface area contributed by atoms with E-state index in [4.69, 9.17) is 4.74 Å². The van der Waals surface area contributed by atoms with Crippen molar-refractivity contribution < 1.29 is 17.9 Å². The van der Waals surface area contributed by atoms with E-state index in [0.29, 0.717) is 44.1 Å². The lowest BCUT2D eigenvalue weighted by atomic mass is 10.0. The van der Waals surface area contributed by atoms with Crippen LogP contribution in [0.25, 0.3) is 0 Å². The van der Waals surface area contributed by atoms with E-state index in [1.807, 2.05) is 6.07 Å². The van der Waals surface area contributed by atoms with Gasteiger partial charge in [-0.2, -0.15) is 5.10 Å². The maximum atomic E-state index is 12.6. The van der Waals surface area contributed by atoms with Crippen LogP contribution in [0, 0.1) is 0 Å². The number of amides is 1. The average Bonchev–Trinajstić information content (AvgIpc) is 2.77. The van der Waals surface area contributed by atoms with E-state index < -0.39 is 10.0 Å². The number of hydrogen-bond acceptors (Lipinski definition) is 8. The van der Waals surface area contributed by atoms with Gasteiger partial charge in [-0.3, -0.25) is 4.79 Å². The first-order valence-corrected chi connectivity index (χ1v) is 11.3. The van der Waals surface area contributed by atoms with E-state index >= 15 is 0 Å². The summed E-state index contributed by atoms with van der Waals surface area (Å²) in [7, 11) is -3.65. The van der Waals surface area contributed by atoms with Gasteiger partial charge in [0.15, 0.2) is 5.82 Å². The highest BCUT2D eigenvalue weighted by atomic mass is 32.2. The molecule has 0 spiro atoms. The molecule has 0 bridgehead atoms. The third-order valence-corrected chi connectivity index (χ3v) is 6.48. The smallest absolute Gasteiger partial charge is 0.240 e. The SMILES string of the molecule is O=C1CCc2cc(S(=O)(=O)NCCNc3cc(N4CCOCC4)cnn3)ccc2N1. The largest absolute Gasteiger partial charge is 0.378 e. The number of ether oxygens (including phenoxy) is 1. The number of fused-ring (bicyclic) bond motifs is 1. The minimum absolute atomic E-state index is 0.0527. The number of rotatable bonds is 7. The number of aryl methyl sites for hydroxylation is 1. The number of nitrogens with one attached hydrogen (secondary N) is 3. The number of anilines is 3. The molecule has 3 N–H and O–H groups in total. The predicted octanol–water partition coefficient (Wildman–Crippen LogP) is 0.588. The van der Waals surface area contributed by atoms with Crippen LogP contribution in [0.1, 0.15) is 12.0 Å². The van der Waals surface area contributed by atoms with Crippen LogP contribution in [0.5, 0.6) is 0 Å². The molecular weight excluding hydrogens is 408 g/mol. The zero-order valence-corrected chi connectivity index (χ0v) is 17.2. The summed E-state index contributed by atoms with van der Waals surface area (Å²) in [4.78, 5) is 13.8. The molecule has 11 heteroatoms. The van der Waals surface area contributed by atoms with Crippen LogP contribution in [0.15, 0.2) is 35.4 Å². The molecule has 1 amide bonds. The molecule has 1 saturated heterocycles. The molecule has 0 radical (unpaired) electrons. The molecule has 4 rings (SSSR count). The Kier molecular flexibility index (Phi) is 6.11. The molecule has 0 atom stereocenters. The maximum Gasteiger partial charge on any atom is 0.240 e. The van der Waals surface area contributed by atoms with Crippen molar-refractivity contribution >= 4 is 33.1 Å². The summed E-state index contributed by atoms with van der Waals surface area (Å²) < 4.78 is 33.1. The van der Waals surface area contributed by atoms with E-state index in [1.54, 1.807) is 18.3 Å². The third kappa shape index (κ3) is 4.86. The van der Waals surface area contributed by atoms with Crippen LogP contribution in [0.2, 0.25) is 0 Å². The minimum Gasteiger partial charge on any atom is -0.378 e. The minimum atomic E-state index is -3.65. The first kappa shape index (κ1) is 20.5. The van der Waals surface area contributed by atoms with Crippen molar-refractivity contribution in [3.05, 3.63) is 36.0 Å².